The molecule has 0 saturated carbocycles. The Bertz CT molecular complexity index is 1030. The number of sulfonamides is 1. The maximum atomic E-state index is 12.7. The first-order valence-electron chi connectivity index (χ1n) is 7.50. The summed E-state index contributed by atoms with van der Waals surface area (Å²) in [7, 11) is -1.77. The average molecular weight is 372 g/mol. The van der Waals surface area contributed by atoms with Gasteiger partial charge in [0.05, 0.1) is 10.6 Å². The molecular formula is C18H17FN4O2S. The van der Waals surface area contributed by atoms with Crippen LogP contribution in [-0.2, 0) is 17.1 Å². The van der Waals surface area contributed by atoms with Crippen LogP contribution in [0.15, 0.2) is 59.5 Å². The maximum Gasteiger partial charge on any atom is 0.238 e. The van der Waals surface area contributed by atoms with Crippen LogP contribution < -0.4 is 5.14 Å². The third-order valence-corrected chi connectivity index (χ3v) is 4.41. The highest BCUT2D eigenvalue weighted by Gasteiger charge is 2.06. The molecule has 0 fully saturated rings. The highest BCUT2D eigenvalue weighted by atomic mass is 32.2. The Labute approximate surface area is 151 Å². The number of rotatable bonds is 2. The fourth-order valence-corrected chi connectivity index (χ4v) is 2.66. The van der Waals surface area contributed by atoms with Gasteiger partial charge in [0.1, 0.15) is 11.9 Å². The summed E-state index contributed by atoms with van der Waals surface area (Å²) in [6.45, 7) is 1.88. The van der Waals surface area contributed by atoms with Crippen molar-refractivity contribution in [1.29, 1.82) is 5.26 Å². The minimum atomic E-state index is -3.52. The lowest BCUT2D eigenvalue weighted by Gasteiger charge is -2.00. The van der Waals surface area contributed by atoms with Crippen LogP contribution >= 0.6 is 0 Å². The van der Waals surface area contributed by atoms with Crippen LogP contribution in [0.5, 0.6) is 0 Å². The SMILES string of the molecule is Cc1ccc(S(N)(=O)=O)cc1.Cn1nc(C#N)cc1-c1ccc(F)cc1. The molecular weight excluding hydrogens is 355 g/mol. The molecule has 1 aromatic heterocycles. The average Bonchev–Trinajstić information content (AvgIpc) is 2.97. The Kier molecular flexibility index (Phi) is 5.87. The summed E-state index contributed by atoms with van der Waals surface area (Å²) in [5.74, 6) is -0.276. The van der Waals surface area contributed by atoms with Crippen LogP contribution in [0.4, 0.5) is 4.39 Å². The highest BCUT2D eigenvalue weighted by molar-refractivity contribution is 7.89. The molecule has 8 heteroatoms. The molecule has 3 aromatic rings. The van der Waals surface area contributed by atoms with E-state index in [4.69, 9.17) is 10.4 Å². The van der Waals surface area contributed by atoms with Crippen LogP contribution in [-0.4, -0.2) is 18.2 Å². The van der Waals surface area contributed by atoms with E-state index >= 15 is 0 Å². The molecule has 0 aliphatic carbocycles. The van der Waals surface area contributed by atoms with Crippen molar-refractivity contribution in [3.05, 3.63) is 71.7 Å². The van der Waals surface area contributed by atoms with Crippen LogP contribution in [0, 0.1) is 24.1 Å². The van der Waals surface area contributed by atoms with E-state index in [-0.39, 0.29) is 10.7 Å². The molecule has 134 valence electrons. The number of halogens is 1. The normalized spacial score (nSPS) is 10.6. The fraction of sp³-hybridized carbons (Fsp3) is 0.111. The van der Waals surface area contributed by atoms with E-state index in [2.05, 4.69) is 5.10 Å². The summed E-state index contributed by atoms with van der Waals surface area (Å²) in [6, 6.07) is 16.1. The molecule has 0 unspecified atom stereocenters. The topological polar surface area (TPSA) is 102 Å². The zero-order valence-corrected chi connectivity index (χ0v) is 15.0. The van der Waals surface area contributed by atoms with Gasteiger partial charge in [-0.3, -0.25) is 4.68 Å². The molecule has 0 aliphatic rings. The van der Waals surface area contributed by atoms with E-state index < -0.39 is 10.0 Å². The zero-order valence-electron chi connectivity index (χ0n) is 14.2. The van der Waals surface area contributed by atoms with Crippen molar-refractivity contribution in [3.8, 4) is 17.3 Å². The summed E-state index contributed by atoms with van der Waals surface area (Å²) in [5.41, 5.74) is 3.01. The van der Waals surface area contributed by atoms with Gasteiger partial charge in [-0.2, -0.15) is 10.4 Å². The number of aryl methyl sites for hydroxylation is 2. The molecule has 0 spiro atoms. The van der Waals surface area contributed by atoms with E-state index in [0.717, 1.165) is 16.8 Å². The van der Waals surface area contributed by atoms with Crippen LogP contribution in [0.2, 0.25) is 0 Å². The second-order valence-corrected chi connectivity index (χ2v) is 7.08. The Balaban J connectivity index is 0.000000197. The van der Waals surface area contributed by atoms with E-state index in [0.29, 0.717) is 5.69 Å². The first kappa shape index (κ1) is 19.3. The number of nitrogens with zero attached hydrogens (tertiary/aromatic N) is 3. The lowest BCUT2D eigenvalue weighted by Crippen LogP contribution is -2.11. The number of benzene rings is 2. The zero-order chi connectivity index (χ0) is 19.3. The molecule has 2 N–H and O–H groups in total. The Morgan fingerprint density at radius 3 is 2.15 bits per heavy atom. The predicted octanol–water partition coefficient (Wildman–Crippen LogP) is 2.74. The first-order valence-corrected chi connectivity index (χ1v) is 9.05. The second kappa shape index (κ2) is 7.91. The molecule has 0 aliphatic heterocycles. The first-order chi connectivity index (χ1) is 12.2. The number of primary sulfonamides is 1. The molecule has 1 heterocycles. The molecule has 6 nitrogen and oxygen atoms in total. The van der Waals surface area contributed by atoms with E-state index in [1.807, 2.05) is 13.0 Å². The molecule has 26 heavy (non-hydrogen) atoms. The van der Waals surface area contributed by atoms with Gasteiger partial charge in [0.25, 0.3) is 0 Å². The lowest BCUT2D eigenvalue weighted by molar-refractivity contribution is 0.598. The lowest BCUT2D eigenvalue weighted by atomic mass is 10.1. The summed E-state index contributed by atoms with van der Waals surface area (Å²) in [5, 5.41) is 17.5. The molecule has 0 bridgehead atoms. The predicted molar refractivity (Wildman–Crippen MR) is 95.9 cm³/mol. The van der Waals surface area contributed by atoms with Crippen molar-refractivity contribution in [1.82, 2.24) is 9.78 Å². The quantitative estimate of drug-likeness (QED) is 0.747. The Morgan fingerprint density at radius 1 is 1.12 bits per heavy atom. The maximum absolute atomic E-state index is 12.7. The van der Waals surface area contributed by atoms with Gasteiger partial charge in [0.15, 0.2) is 5.69 Å². The molecule has 0 saturated heterocycles. The van der Waals surface area contributed by atoms with Gasteiger partial charge >= 0.3 is 0 Å². The van der Waals surface area contributed by atoms with Crippen molar-refractivity contribution in [2.45, 2.75) is 11.8 Å². The van der Waals surface area contributed by atoms with Gasteiger partial charge in [-0.25, -0.2) is 17.9 Å². The number of hydrogen-bond acceptors (Lipinski definition) is 4. The van der Waals surface area contributed by atoms with Gasteiger partial charge in [-0.1, -0.05) is 17.7 Å². The van der Waals surface area contributed by atoms with Gasteiger partial charge < -0.3 is 0 Å². The van der Waals surface area contributed by atoms with Gasteiger partial charge in [0, 0.05) is 18.7 Å². The second-order valence-electron chi connectivity index (χ2n) is 5.52. The molecule has 0 amide bonds. The summed E-state index contributed by atoms with van der Waals surface area (Å²) < 4.78 is 35.7. The minimum Gasteiger partial charge on any atom is -0.267 e. The van der Waals surface area contributed by atoms with Crippen molar-refractivity contribution in [3.63, 3.8) is 0 Å². The smallest absolute Gasteiger partial charge is 0.238 e. The third kappa shape index (κ3) is 4.99. The largest absolute Gasteiger partial charge is 0.267 e. The summed E-state index contributed by atoms with van der Waals surface area (Å²) in [6.07, 6.45) is 0. The Hall–Kier alpha value is -3.02. The number of nitrogens with two attached hydrogens (primary N) is 1. The molecule has 0 atom stereocenters. The standard InChI is InChI=1S/C11H8FN3.C7H9NO2S/c1-15-11(6-10(7-13)14-15)8-2-4-9(12)5-3-8;1-6-2-4-7(5-3-6)11(8,9)10/h2-6H,1H3;2-5H,1H3,(H2,8,9,10). The molecule has 3 rings (SSSR count). The van der Waals surface area contributed by atoms with Crippen molar-refractivity contribution < 1.29 is 12.8 Å². The minimum absolute atomic E-state index is 0.156. The summed E-state index contributed by atoms with van der Waals surface area (Å²) in [4.78, 5) is 0.156. The van der Waals surface area contributed by atoms with Crippen LogP contribution in [0.25, 0.3) is 11.3 Å². The molecule has 0 radical (unpaired) electrons. The number of hydrogen-bond donors (Lipinski definition) is 1. The fourth-order valence-electron chi connectivity index (χ4n) is 2.14. The number of nitriles is 1. The van der Waals surface area contributed by atoms with Crippen LogP contribution in [0.3, 0.4) is 0 Å². The van der Waals surface area contributed by atoms with Gasteiger partial charge in [0.2, 0.25) is 10.0 Å². The molecule has 2 aromatic carbocycles. The summed E-state index contributed by atoms with van der Waals surface area (Å²) >= 11 is 0. The van der Waals surface area contributed by atoms with Crippen LogP contribution in [0.1, 0.15) is 11.3 Å². The monoisotopic (exact) mass is 372 g/mol. The van der Waals surface area contributed by atoms with Gasteiger partial charge in [-0.15, -0.1) is 0 Å². The third-order valence-electron chi connectivity index (χ3n) is 3.48. The van der Waals surface area contributed by atoms with Crippen molar-refractivity contribution in [2.24, 2.45) is 12.2 Å². The van der Waals surface area contributed by atoms with Crippen molar-refractivity contribution >= 4 is 10.0 Å². The van der Waals surface area contributed by atoms with E-state index in [9.17, 15) is 12.8 Å². The number of aromatic nitrogens is 2. The highest BCUT2D eigenvalue weighted by Crippen LogP contribution is 2.19. The Morgan fingerprint density at radius 2 is 1.69 bits per heavy atom. The van der Waals surface area contributed by atoms with Crippen molar-refractivity contribution in [2.75, 3.05) is 0 Å². The van der Waals surface area contributed by atoms with E-state index in [1.54, 1.807) is 42.1 Å². The van der Waals surface area contributed by atoms with E-state index in [1.165, 1.54) is 24.3 Å². The van der Waals surface area contributed by atoms with Gasteiger partial charge in [-0.05, 0) is 43.3 Å².